The molecule has 0 amide bonds. The molecule has 1 atom stereocenters. The number of fused-ring (bicyclic) bond motifs is 2. The number of ether oxygens (including phenoxy) is 4. The molecule has 0 radical (unpaired) electrons. The molecule has 3 heterocycles. The normalized spacial score (nSPS) is 21.6. The van der Waals surface area contributed by atoms with Gasteiger partial charge in [0, 0.05) is 30.2 Å². The Morgan fingerprint density at radius 2 is 1.59 bits per heavy atom. The standard InChI is InChI=1S/C20H21NO6S2/c22-29(23,15-2-4-16-19(12-15)25-9-8-24-16)21-6-5-20(28-10-7-21)14-1-3-17-18(11-14)27-13-26-17/h1-4,11-12,20H,5-10,13H2. The molecule has 9 heteroatoms. The van der Waals surface area contributed by atoms with E-state index >= 15 is 0 Å². The van der Waals surface area contributed by atoms with E-state index in [0.717, 1.165) is 29.2 Å². The Morgan fingerprint density at radius 3 is 2.48 bits per heavy atom. The van der Waals surface area contributed by atoms with E-state index in [1.54, 1.807) is 34.3 Å². The van der Waals surface area contributed by atoms with Gasteiger partial charge in [0.15, 0.2) is 23.0 Å². The smallest absolute Gasteiger partial charge is 0.243 e. The van der Waals surface area contributed by atoms with Crippen LogP contribution in [0.5, 0.6) is 23.0 Å². The Bertz CT molecular complexity index is 1030. The lowest BCUT2D eigenvalue weighted by Gasteiger charge is -2.22. The van der Waals surface area contributed by atoms with Crippen LogP contribution in [0.15, 0.2) is 41.3 Å². The molecule has 0 aliphatic carbocycles. The minimum Gasteiger partial charge on any atom is -0.486 e. The van der Waals surface area contributed by atoms with Crippen molar-refractivity contribution < 1.29 is 27.4 Å². The largest absolute Gasteiger partial charge is 0.486 e. The lowest BCUT2D eigenvalue weighted by molar-refractivity contribution is 0.171. The van der Waals surface area contributed by atoms with E-state index < -0.39 is 10.0 Å². The Labute approximate surface area is 173 Å². The molecule has 0 bridgehead atoms. The number of thioether (sulfide) groups is 1. The molecule has 0 N–H and O–H groups in total. The van der Waals surface area contributed by atoms with Gasteiger partial charge in [-0.3, -0.25) is 0 Å². The summed E-state index contributed by atoms with van der Waals surface area (Å²) in [5, 5.41) is 0.213. The molecule has 0 spiro atoms. The highest BCUT2D eigenvalue weighted by atomic mass is 32.2. The highest BCUT2D eigenvalue weighted by Gasteiger charge is 2.30. The second-order valence-corrected chi connectivity index (χ2v) is 10.2. The highest BCUT2D eigenvalue weighted by Crippen LogP contribution is 2.41. The maximum atomic E-state index is 13.2. The summed E-state index contributed by atoms with van der Waals surface area (Å²) in [5.74, 6) is 3.32. The molecule has 0 saturated carbocycles. The van der Waals surface area contributed by atoms with Crippen molar-refractivity contribution in [3.05, 3.63) is 42.0 Å². The van der Waals surface area contributed by atoms with E-state index in [-0.39, 0.29) is 16.9 Å². The van der Waals surface area contributed by atoms with Crippen LogP contribution in [0.3, 0.4) is 0 Å². The average Bonchev–Trinajstić information content (AvgIpc) is 3.07. The fourth-order valence-electron chi connectivity index (χ4n) is 3.70. The van der Waals surface area contributed by atoms with Crippen molar-refractivity contribution in [2.45, 2.75) is 16.6 Å². The molecule has 1 unspecified atom stereocenters. The van der Waals surface area contributed by atoms with Gasteiger partial charge in [0.25, 0.3) is 0 Å². The molecule has 5 rings (SSSR count). The molecule has 3 aliphatic rings. The SMILES string of the molecule is O=S(=O)(c1ccc2c(c1)OCCO2)N1CCSC(c2ccc3c(c2)OCO3)CC1. The Hall–Kier alpha value is -2.10. The first-order valence-corrected chi connectivity index (χ1v) is 12.0. The zero-order chi connectivity index (χ0) is 19.8. The van der Waals surface area contributed by atoms with Gasteiger partial charge < -0.3 is 18.9 Å². The van der Waals surface area contributed by atoms with Gasteiger partial charge in [-0.15, -0.1) is 0 Å². The van der Waals surface area contributed by atoms with Crippen LogP contribution in [-0.4, -0.2) is 51.6 Å². The molecular formula is C20H21NO6S2. The Balaban J connectivity index is 1.33. The van der Waals surface area contributed by atoms with E-state index in [0.29, 0.717) is 37.8 Å². The third-order valence-corrected chi connectivity index (χ3v) is 8.44. The number of sulfonamides is 1. The van der Waals surface area contributed by atoms with Crippen molar-refractivity contribution in [1.82, 2.24) is 4.31 Å². The van der Waals surface area contributed by atoms with Crippen molar-refractivity contribution in [2.24, 2.45) is 0 Å². The number of nitrogens with zero attached hydrogens (tertiary/aromatic N) is 1. The summed E-state index contributed by atoms with van der Waals surface area (Å²) in [6, 6.07) is 10.8. The minimum absolute atomic E-state index is 0.213. The third kappa shape index (κ3) is 3.62. The monoisotopic (exact) mass is 435 g/mol. The quantitative estimate of drug-likeness (QED) is 0.734. The molecule has 1 saturated heterocycles. The zero-order valence-electron chi connectivity index (χ0n) is 15.7. The predicted octanol–water partition coefficient (Wildman–Crippen LogP) is 3.06. The molecule has 3 aliphatic heterocycles. The van der Waals surface area contributed by atoms with Crippen LogP contribution in [0.2, 0.25) is 0 Å². The van der Waals surface area contributed by atoms with Crippen LogP contribution in [0, 0.1) is 0 Å². The van der Waals surface area contributed by atoms with Crippen molar-refractivity contribution in [1.29, 1.82) is 0 Å². The fourth-order valence-corrected chi connectivity index (χ4v) is 6.51. The lowest BCUT2D eigenvalue weighted by atomic mass is 10.1. The second kappa shape index (κ2) is 7.62. The van der Waals surface area contributed by atoms with Gasteiger partial charge in [-0.05, 0) is 36.2 Å². The molecule has 1 fully saturated rings. The van der Waals surface area contributed by atoms with Gasteiger partial charge in [0.2, 0.25) is 16.8 Å². The number of hydrogen-bond donors (Lipinski definition) is 0. The summed E-state index contributed by atoms with van der Waals surface area (Å²) in [4.78, 5) is 0.244. The van der Waals surface area contributed by atoms with Crippen molar-refractivity contribution in [3.63, 3.8) is 0 Å². The van der Waals surface area contributed by atoms with Crippen LogP contribution in [0.25, 0.3) is 0 Å². The number of benzene rings is 2. The first-order valence-electron chi connectivity index (χ1n) is 9.52. The summed E-state index contributed by atoms with van der Waals surface area (Å²) in [6.45, 7) is 2.08. The van der Waals surface area contributed by atoms with Gasteiger partial charge in [0.1, 0.15) is 13.2 Å². The molecule has 29 heavy (non-hydrogen) atoms. The van der Waals surface area contributed by atoms with Gasteiger partial charge in [0.05, 0.1) is 4.90 Å². The zero-order valence-corrected chi connectivity index (χ0v) is 17.3. The molecule has 2 aromatic rings. The maximum Gasteiger partial charge on any atom is 0.243 e. The first-order chi connectivity index (χ1) is 14.1. The number of hydrogen-bond acceptors (Lipinski definition) is 7. The topological polar surface area (TPSA) is 74.3 Å². The Kier molecular flexibility index (Phi) is 4.97. The van der Waals surface area contributed by atoms with Gasteiger partial charge in [-0.25, -0.2) is 8.42 Å². The van der Waals surface area contributed by atoms with Crippen molar-refractivity contribution >= 4 is 21.8 Å². The van der Waals surface area contributed by atoms with Crippen LogP contribution >= 0.6 is 11.8 Å². The predicted molar refractivity (Wildman–Crippen MR) is 109 cm³/mol. The average molecular weight is 436 g/mol. The van der Waals surface area contributed by atoms with E-state index in [1.807, 2.05) is 18.2 Å². The summed E-state index contributed by atoms with van der Waals surface area (Å²) in [5.41, 5.74) is 1.14. The second-order valence-electron chi connectivity index (χ2n) is 6.97. The fraction of sp³-hybridized carbons (Fsp3) is 0.400. The molecule has 2 aromatic carbocycles. The van der Waals surface area contributed by atoms with Crippen LogP contribution in [0.1, 0.15) is 17.2 Å². The van der Waals surface area contributed by atoms with Gasteiger partial charge >= 0.3 is 0 Å². The maximum absolute atomic E-state index is 13.2. The van der Waals surface area contributed by atoms with E-state index in [1.165, 1.54) is 0 Å². The number of rotatable bonds is 3. The summed E-state index contributed by atoms with van der Waals surface area (Å²) in [7, 11) is -3.59. The summed E-state index contributed by atoms with van der Waals surface area (Å²) in [6.07, 6.45) is 0.730. The highest BCUT2D eigenvalue weighted by molar-refractivity contribution is 7.99. The lowest BCUT2D eigenvalue weighted by Crippen LogP contribution is -2.33. The minimum atomic E-state index is -3.59. The van der Waals surface area contributed by atoms with E-state index in [4.69, 9.17) is 18.9 Å². The molecular weight excluding hydrogens is 414 g/mol. The summed E-state index contributed by atoms with van der Waals surface area (Å²) >= 11 is 1.77. The van der Waals surface area contributed by atoms with Crippen molar-refractivity contribution in [2.75, 3.05) is 38.8 Å². The van der Waals surface area contributed by atoms with Crippen LogP contribution < -0.4 is 18.9 Å². The van der Waals surface area contributed by atoms with Crippen LogP contribution in [-0.2, 0) is 10.0 Å². The van der Waals surface area contributed by atoms with Crippen LogP contribution in [0.4, 0.5) is 0 Å². The Morgan fingerprint density at radius 1 is 0.862 bits per heavy atom. The van der Waals surface area contributed by atoms with Gasteiger partial charge in [-0.2, -0.15) is 16.1 Å². The summed E-state index contributed by atoms with van der Waals surface area (Å²) < 4.78 is 49.9. The molecule has 154 valence electrons. The molecule has 0 aromatic heterocycles. The van der Waals surface area contributed by atoms with Crippen molar-refractivity contribution in [3.8, 4) is 23.0 Å². The first kappa shape index (κ1) is 18.9. The van der Waals surface area contributed by atoms with Gasteiger partial charge in [-0.1, -0.05) is 6.07 Å². The van der Waals surface area contributed by atoms with E-state index in [2.05, 4.69) is 0 Å². The van der Waals surface area contributed by atoms with E-state index in [9.17, 15) is 8.42 Å². The third-order valence-electron chi connectivity index (χ3n) is 5.22. The molecule has 7 nitrogen and oxygen atoms in total.